The van der Waals surface area contributed by atoms with Crippen LogP contribution in [0.4, 0.5) is 17.5 Å². The second-order valence-electron chi connectivity index (χ2n) is 7.48. The first-order valence-corrected chi connectivity index (χ1v) is 9.83. The molecule has 27 heavy (non-hydrogen) atoms. The van der Waals surface area contributed by atoms with Gasteiger partial charge in [0, 0.05) is 30.3 Å². The fourth-order valence-corrected chi connectivity index (χ4v) is 3.94. The van der Waals surface area contributed by atoms with Gasteiger partial charge in [-0.2, -0.15) is 5.10 Å². The first-order chi connectivity index (χ1) is 13.4. The molecule has 6 nitrogen and oxygen atoms in total. The maximum Gasteiger partial charge on any atom is 0.153 e. The van der Waals surface area contributed by atoms with E-state index in [1.54, 1.807) is 6.33 Å². The number of rotatable bonds is 5. The van der Waals surface area contributed by atoms with Gasteiger partial charge in [0.2, 0.25) is 0 Å². The second-order valence-corrected chi connectivity index (χ2v) is 7.48. The molecule has 0 amide bonds. The summed E-state index contributed by atoms with van der Waals surface area (Å²) in [5.74, 6) is 3.24. The van der Waals surface area contributed by atoms with E-state index in [4.69, 9.17) is 0 Å². The third kappa shape index (κ3) is 3.52. The molecule has 3 aromatic rings. The Kier molecular flexibility index (Phi) is 4.24. The van der Waals surface area contributed by atoms with Crippen molar-refractivity contribution in [2.24, 2.45) is 0 Å². The van der Waals surface area contributed by atoms with E-state index in [9.17, 15) is 0 Å². The Morgan fingerprint density at radius 2 is 1.85 bits per heavy atom. The van der Waals surface area contributed by atoms with Gasteiger partial charge in [-0.25, -0.2) is 9.97 Å². The van der Waals surface area contributed by atoms with Crippen molar-refractivity contribution in [3.63, 3.8) is 0 Å². The number of hydrogen-bond donors (Lipinski definition) is 2. The van der Waals surface area contributed by atoms with E-state index in [0.717, 1.165) is 30.4 Å². The van der Waals surface area contributed by atoms with Crippen LogP contribution in [0.15, 0.2) is 48.8 Å². The van der Waals surface area contributed by atoms with Gasteiger partial charge in [-0.15, -0.1) is 0 Å². The van der Waals surface area contributed by atoms with Gasteiger partial charge >= 0.3 is 0 Å². The van der Waals surface area contributed by atoms with Crippen LogP contribution in [-0.4, -0.2) is 26.7 Å². The van der Waals surface area contributed by atoms with Gasteiger partial charge in [-0.05, 0) is 37.7 Å². The molecule has 3 heterocycles. The summed E-state index contributed by atoms with van der Waals surface area (Å²) in [7, 11) is 0. The molecule has 2 aliphatic rings. The molecule has 1 saturated carbocycles. The lowest BCUT2D eigenvalue weighted by Gasteiger charge is -2.37. The van der Waals surface area contributed by atoms with Crippen molar-refractivity contribution in [3.8, 4) is 0 Å². The molecular weight excluding hydrogens is 336 g/mol. The van der Waals surface area contributed by atoms with Crippen LogP contribution < -0.4 is 10.2 Å². The van der Waals surface area contributed by atoms with Crippen LogP contribution in [0, 0.1) is 0 Å². The Labute approximate surface area is 159 Å². The lowest BCUT2D eigenvalue weighted by molar-refractivity contribution is 0.469. The highest BCUT2D eigenvalue weighted by atomic mass is 15.2. The van der Waals surface area contributed by atoms with E-state index in [0.29, 0.717) is 12.0 Å². The predicted octanol–water partition coefficient (Wildman–Crippen LogP) is 4.55. The number of piperidine rings is 1. The fraction of sp³-hybridized carbons (Fsp3) is 0.381. The van der Waals surface area contributed by atoms with Gasteiger partial charge < -0.3 is 10.2 Å². The van der Waals surface area contributed by atoms with Crippen LogP contribution in [0.2, 0.25) is 0 Å². The third-order valence-corrected chi connectivity index (χ3v) is 5.51. The van der Waals surface area contributed by atoms with E-state index in [1.165, 1.54) is 36.9 Å². The number of nitrogens with one attached hydrogen (secondary N) is 2. The molecule has 1 atom stereocenters. The summed E-state index contributed by atoms with van der Waals surface area (Å²) in [6, 6.07) is 15.2. The minimum Gasteiger partial charge on any atom is -0.349 e. The van der Waals surface area contributed by atoms with E-state index in [-0.39, 0.29) is 0 Å². The molecule has 138 valence electrons. The molecule has 6 heteroatoms. The van der Waals surface area contributed by atoms with E-state index >= 15 is 0 Å². The number of H-pyrrole nitrogens is 1. The summed E-state index contributed by atoms with van der Waals surface area (Å²) in [6.45, 7) is 1.02. The van der Waals surface area contributed by atoms with Crippen LogP contribution in [-0.2, 0) is 0 Å². The standard InChI is InChI=1S/C21H24N6/c1-2-6-16(7-3-1)18-8-4-5-11-27(18)21-13-19(22-14-23-21)24-20-12-17(25-26-20)15-9-10-15/h1-3,6-7,12-15,18H,4-5,8-11H2,(H2,22,23,24,25,26). The van der Waals surface area contributed by atoms with Crippen molar-refractivity contribution in [1.82, 2.24) is 20.2 Å². The highest BCUT2D eigenvalue weighted by molar-refractivity contribution is 5.57. The zero-order chi connectivity index (χ0) is 18.1. The summed E-state index contributed by atoms with van der Waals surface area (Å²) in [4.78, 5) is 11.4. The zero-order valence-corrected chi connectivity index (χ0v) is 15.3. The average molecular weight is 360 g/mol. The SMILES string of the molecule is c1ccc(C2CCCCN2c2cc(Nc3cc(C4CC4)[nH]n3)ncn2)cc1. The molecule has 2 aromatic heterocycles. The molecule has 1 aromatic carbocycles. The molecule has 2 N–H and O–H groups in total. The van der Waals surface area contributed by atoms with Crippen LogP contribution >= 0.6 is 0 Å². The minimum absolute atomic E-state index is 0.370. The number of benzene rings is 1. The zero-order valence-electron chi connectivity index (χ0n) is 15.3. The van der Waals surface area contributed by atoms with Crippen LogP contribution in [0.3, 0.4) is 0 Å². The lowest BCUT2D eigenvalue weighted by atomic mass is 9.95. The van der Waals surface area contributed by atoms with Crippen LogP contribution in [0.25, 0.3) is 0 Å². The Hall–Kier alpha value is -2.89. The molecule has 0 radical (unpaired) electrons. The van der Waals surface area contributed by atoms with Crippen molar-refractivity contribution in [2.75, 3.05) is 16.8 Å². The molecule has 0 bridgehead atoms. The first kappa shape index (κ1) is 16.3. The van der Waals surface area contributed by atoms with E-state index < -0.39 is 0 Å². The summed E-state index contributed by atoms with van der Waals surface area (Å²) in [5.41, 5.74) is 2.57. The summed E-state index contributed by atoms with van der Waals surface area (Å²) >= 11 is 0. The molecule has 2 fully saturated rings. The highest BCUT2D eigenvalue weighted by Gasteiger charge is 2.26. The predicted molar refractivity (Wildman–Crippen MR) is 106 cm³/mol. The lowest BCUT2D eigenvalue weighted by Crippen LogP contribution is -2.34. The maximum atomic E-state index is 4.57. The Morgan fingerprint density at radius 3 is 2.70 bits per heavy atom. The van der Waals surface area contributed by atoms with Crippen molar-refractivity contribution in [3.05, 3.63) is 60.0 Å². The highest BCUT2D eigenvalue weighted by Crippen LogP contribution is 2.40. The minimum atomic E-state index is 0.370. The smallest absolute Gasteiger partial charge is 0.153 e. The molecule has 1 unspecified atom stereocenters. The van der Waals surface area contributed by atoms with Gasteiger partial charge in [-0.3, -0.25) is 5.10 Å². The van der Waals surface area contributed by atoms with E-state index in [1.807, 2.05) is 6.07 Å². The van der Waals surface area contributed by atoms with Crippen molar-refractivity contribution < 1.29 is 0 Å². The van der Waals surface area contributed by atoms with E-state index in [2.05, 4.69) is 66.8 Å². The second kappa shape index (κ2) is 7.02. The topological polar surface area (TPSA) is 69.7 Å². The largest absolute Gasteiger partial charge is 0.349 e. The molecule has 1 saturated heterocycles. The molecule has 1 aliphatic heterocycles. The Balaban J connectivity index is 1.38. The molecule has 0 spiro atoms. The Bertz CT molecular complexity index is 902. The number of anilines is 3. The number of aromatic amines is 1. The first-order valence-electron chi connectivity index (χ1n) is 9.83. The van der Waals surface area contributed by atoms with Gasteiger partial charge in [0.05, 0.1) is 6.04 Å². The summed E-state index contributed by atoms with van der Waals surface area (Å²) < 4.78 is 0. The van der Waals surface area contributed by atoms with Crippen LogP contribution in [0.1, 0.15) is 55.3 Å². The molecule has 5 rings (SSSR count). The number of hydrogen-bond acceptors (Lipinski definition) is 5. The summed E-state index contributed by atoms with van der Waals surface area (Å²) in [5, 5.41) is 10.8. The maximum absolute atomic E-state index is 4.57. The van der Waals surface area contributed by atoms with Crippen molar-refractivity contribution >= 4 is 17.5 Å². The summed E-state index contributed by atoms with van der Waals surface area (Å²) in [6.07, 6.45) is 7.76. The van der Waals surface area contributed by atoms with Crippen molar-refractivity contribution in [1.29, 1.82) is 0 Å². The van der Waals surface area contributed by atoms with Crippen molar-refractivity contribution in [2.45, 2.75) is 44.1 Å². The molecular formula is C21H24N6. The van der Waals surface area contributed by atoms with Gasteiger partial charge in [0.15, 0.2) is 5.82 Å². The normalized spacial score (nSPS) is 19.9. The molecule has 1 aliphatic carbocycles. The number of aromatic nitrogens is 4. The van der Waals surface area contributed by atoms with Crippen LogP contribution in [0.5, 0.6) is 0 Å². The van der Waals surface area contributed by atoms with Gasteiger partial charge in [0.25, 0.3) is 0 Å². The monoisotopic (exact) mass is 360 g/mol. The average Bonchev–Trinajstić information content (AvgIpc) is 3.48. The fourth-order valence-electron chi connectivity index (χ4n) is 3.94. The quantitative estimate of drug-likeness (QED) is 0.698. The van der Waals surface area contributed by atoms with Gasteiger partial charge in [-0.1, -0.05) is 30.3 Å². The van der Waals surface area contributed by atoms with Gasteiger partial charge in [0.1, 0.15) is 18.0 Å². The Morgan fingerprint density at radius 1 is 0.963 bits per heavy atom. The third-order valence-electron chi connectivity index (χ3n) is 5.51. The number of nitrogens with zero attached hydrogens (tertiary/aromatic N) is 4.